The number of aromatic hydroxyl groups is 2. The SMILES string of the molecule is CON=C(C)c1ccc(O)c(O)c1. The summed E-state index contributed by atoms with van der Waals surface area (Å²) in [7, 11) is 1.45. The van der Waals surface area contributed by atoms with E-state index in [0.29, 0.717) is 11.3 Å². The third-order valence-electron chi connectivity index (χ3n) is 1.62. The molecule has 0 atom stereocenters. The summed E-state index contributed by atoms with van der Waals surface area (Å²) in [5, 5.41) is 21.9. The van der Waals surface area contributed by atoms with Gasteiger partial charge in [0.05, 0.1) is 5.71 Å². The number of phenolic OH excluding ortho intramolecular Hbond substituents is 2. The second-order valence-electron chi connectivity index (χ2n) is 2.56. The highest BCUT2D eigenvalue weighted by atomic mass is 16.6. The van der Waals surface area contributed by atoms with Crippen molar-refractivity contribution >= 4 is 5.71 Å². The monoisotopic (exact) mass is 181 g/mol. The summed E-state index contributed by atoms with van der Waals surface area (Å²) in [4.78, 5) is 4.57. The lowest BCUT2D eigenvalue weighted by Gasteiger charge is -2.01. The van der Waals surface area contributed by atoms with Crippen LogP contribution in [0, 0.1) is 0 Å². The van der Waals surface area contributed by atoms with Crippen LogP contribution in [0.2, 0.25) is 0 Å². The van der Waals surface area contributed by atoms with E-state index in [9.17, 15) is 5.11 Å². The van der Waals surface area contributed by atoms with Crippen LogP contribution in [0.5, 0.6) is 11.5 Å². The van der Waals surface area contributed by atoms with Crippen LogP contribution in [0.25, 0.3) is 0 Å². The lowest BCUT2D eigenvalue weighted by molar-refractivity contribution is 0.213. The molecular weight excluding hydrogens is 170 g/mol. The molecule has 1 rings (SSSR count). The Labute approximate surface area is 76.1 Å². The average molecular weight is 181 g/mol. The van der Waals surface area contributed by atoms with Gasteiger partial charge in [-0.3, -0.25) is 0 Å². The first-order valence-electron chi connectivity index (χ1n) is 3.75. The molecule has 1 aromatic carbocycles. The fourth-order valence-electron chi connectivity index (χ4n) is 0.938. The van der Waals surface area contributed by atoms with Gasteiger partial charge in [-0.15, -0.1) is 0 Å². The van der Waals surface area contributed by atoms with Gasteiger partial charge in [-0.2, -0.15) is 0 Å². The molecule has 2 N–H and O–H groups in total. The smallest absolute Gasteiger partial charge is 0.158 e. The van der Waals surface area contributed by atoms with E-state index in [-0.39, 0.29) is 11.5 Å². The van der Waals surface area contributed by atoms with Crippen molar-refractivity contribution in [2.45, 2.75) is 6.92 Å². The van der Waals surface area contributed by atoms with Crippen LogP contribution in [0.3, 0.4) is 0 Å². The van der Waals surface area contributed by atoms with Crippen molar-refractivity contribution in [1.82, 2.24) is 0 Å². The van der Waals surface area contributed by atoms with Gasteiger partial charge in [0.1, 0.15) is 7.11 Å². The quantitative estimate of drug-likeness (QED) is 0.412. The topological polar surface area (TPSA) is 62.0 Å². The molecule has 70 valence electrons. The average Bonchev–Trinajstić information content (AvgIpc) is 2.10. The molecule has 13 heavy (non-hydrogen) atoms. The summed E-state index contributed by atoms with van der Waals surface area (Å²) in [5.74, 6) is -0.308. The van der Waals surface area contributed by atoms with Gasteiger partial charge in [-0.25, -0.2) is 0 Å². The van der Waals surface area contributed by atoms with Gasteiger partial charge >= 0.3 is 0 Å². The Morgan fingerprint density at radius 1 is 1.31 bits per heavy atom. The molecule has 0 aromatic heterocycles. The van der Waals surface area contributed by atoms with Gasteiger partial charge in [0, 0.05) is 5.56 Å². The van der Waals surface area contributed by atoms with Gasteiger partial charge in [-0.1, -0.05) is 5.16 Å². The Morgan fingerprint density at radius 3 is 2.54 bits per heavy atom. The first kappa shape index (κ1) is 9.38. The first-order valence-corrected chi connectivity index (χ1v) is 3.75. The number of rotatable bonds is 2. The van der Waals surface area contributed by atoms with Crippen LogP contribution in [-0.4, -0.2) is 23.0 Å². The van der Waals surface area contributed by atoms with Crippen LogP contribution in [0.15, 0.2) is 23.4 Å². The standard InChI is InChI=1S/C9H11NO3/c1-6(10-13-2)7-3-4-8(11)9(12)5-7/h3-5,11-12H,1-2H3. The largest absolute Gasteiger partial charge is 0.504 e. The lowest BCUT2D eigenvalue weighted by atomic mass is 10.1. The molecule has 0 amide bonds. The highest BCUT2D eigenvalue weighted by Gasteiger charge is 2.02. The zero-order chi connectivity index (χ0) is 9.84. The zero-order valence-electron chi connectivity index (χ0n) is 7.48. The van der Waals surface area contributed by atoms with Gasteiger partial charge in [0.15, 0.2) is 11.5 Å². The number of nitrogens with zero attached hydrogens (tertiary/aromatic N) is 1. The minimum atomic E-state index is -0.164. The van der Waals surface area contributed by atoms with E-state index in [1.54, 1.807) is 13.0 Å². The zero-order valence-corrected chi connectivity index (χ0v) is 7.48. The number of hydrogen-bond donors (Lipinski definition) is 2. The number of phenols is 2. The van der Waals surface area contributed by atoms with E-state index < -0.39 is 0 Å². The summed E-state index contributed by atoms with van der Waals surface area (Å²) >= 11 is 0. The molecule has 4 nitrogen and oxygen atoms in total. The van der Waals surface area contributed by atoms with Crippen LogP contribution < -0.4 is 0 Å². The highest BCUT2D eigenvalue weighted by molar-refractivity contribution is 5.98. The molecule has 0 saturated heterocycles. The lowest BCUT2D eigenvalue weighted by Crippen LogP contribution is -1.94. The van der Waals surface area contributed by atoms with Crippen molar-refractivity contribution in [1.29, 1.82) is 0 Å². The normalized spacial score (nSPS) is 11.4. The summed E-state index contributed by atoms with van der Waals surface area (Å²) in [5.41, 5.74) is 1.34. The first-order chi connectivity index (χ1) is 6.15. The Bertz CT molecular complexity index is 334. The molecule has 0 spiro atoms. The second kappa shape index (κ2) is 3.80. The van der Waals surface area contributed by atoms with E-state index in [4.69, 9.17) is 5.11 Å². The molecular formula is C9H11NO3. The number of benzene rings is 1. The second-order valence-corrected chi connectivity index (χ2v) is 2.56. The van der Waals surface area contributed by atoms with Gasteiger partial charge in [-0.05, 0) is 25.1 Å². The van der Waals surface area contributed by atoms with Crippen LogP contribution in [0.4, 0.5) is 0 Å². The molecule has 0 aliphatic rings. The van der Waals surface area contributed by atoms with E-state index in [2.05, 4.69) is 9.99 Å². The Kier molecular flexibility index (Phi) is 2.74. The minimum Gasteiger partial charge on any atom is -0.504 e. The Hall–Kier alpha value is -1.71. The van der Waals surface area contributed by atoms with Crippen LogP contribution in [-0.2, 0) is 4.84 Å². The molecule has 0 heterocycles. The molecule has 1 aromatic rings. The summed E-state index contributed by atoms with van der Waals surface area (Å²) < 4.78 is 0. The fraction of sp³-hybridized carbons (Fsp3) is 0.222. The van der Waals surface area contributed by atoms with E-state index in [0.717, 1.165) is 0 Å². The molecule has 0 aliphatic carbocycles. The summed E-state index contributed by atoms with van der Waals surface area (Å²) in [6.45, 7) is 1.75. The van der Waals surface area contributed by atoms with Crippen LogP contribution >= 0.6 is 0 Å². The Morgan fingerprint density at radius 2 is 2.00 bits per heavy atom. The number of oxime groups is 1. The molecule has 0 saturated carbocycles. The molecule has 0 bridgehead atoms. The van der Waals surface area contributed by atoms with Gasteiger partial charge in [0.25, 0.3) is 0 Å². The third-order valence-corrected chi connectivity index (χ3v) is 1.62. The third kappa shape index (κ3) is 2.11. The molecule has 4 heteroatoms. The Balaban J connectivity index is 3.04. The summed E-state index contributed by atoms with van der Waals surface area (Å²) in [6.07, 6.45) is 0. The molecule has 0 unspecified atom stereocenters. The fourth-order valence-corrected chi connectivity index (χ4v) is 0.938. The van der Waals surface area contributed by atoms with Crippen molar-refractivity contribution in [2.24, 2.45) is 5.16 Å². The van der Waals surface area contributed by atoms with E-state index in [1.807, 2.05) is 0 Å². The molecule has 0 fully saturated rings. The van der Waals surface area contributed by atoms with E-state index >= 15 is 0 Å². The van der Waals surface area contributed by atoms with Gasteiger partial charge in [0.2, 0.25) is 0 Å². The predicted octanol–water partition coefficient (Wildman–Crippen LogP) is 1.47. The van der Waals surface area contributed by atoms with E-state index in [1.165, 1.54) is 19.2 Å². The maximum absolute atomic E-state index is 9.17. The van der Waals surface area contributed by atoms with Crippen molar-refractivity contribution in [2.75, 3.05) is 7.11 Å². The maximum Gasteiger partial charge on any atom is 0.158 e. The van der Waals surface area contributed by atoms with Crippen molar-refractivity contribution in [3.8, 4) is 11.5 Å². The number of hydrogen-bond acceptors (Lipinski definition) is 4. The highest BCUT2D eigenvalue weighted by Crippen LogP contribution is 2.25. The van der Waals surface area contributed by atoms with Crippen LogP contribution in [0.1, 0.15) is 12.5 Å². The molecule has 0 aliphatic heterocycles. The minimum absolute atomic E-state index is 0.144. The summed E-state index contributed by atoms with van der Waals surface area (Å²) in [6, 6.07) is 4.47. The maximum atomic E-state index is 9.17. The predicted molar refractivity (Wildman–Crippen MR) is 49.0 cm³/mol. The van der Waals surface area contributed by atoms with Crippen molar-refractivity contribution < 1.29 is 15.1 Å². The van der Waals surface area contributed by atoms with Gasteiger partial charge < -0.3 is 15.1 Å². The molecule has 0 radical (unpaired) electrons. The van der Waals surface area contributed by atoms with Crippen molar-refractivity contribution in [3.63, 3.8) is 0 Å². The van der Waals surface area contributed by atoms with Crippen molar-refractivity contribution in [3.05, 3.63) is 23.8 Å².